The summed E-state index contributed by atoms with van der Waals surface area (Å²) < 4.78 is 6.20. The van der Waals surface area contributed by atoms with E-state index in [0.717, 1.165) is 12.8 Å². The molecule has 0 saturated carbocycles. The molecular weight excluding hydrogens is 339 g/mol. The van der Waals surface area contributed by atoms with E-state index in [1.807, 2.05) is 6.08 Å². The van der Waals surface area contributed by atoms with Gasteiger partial charge in [0, 0.05) is 0 Å². The first kappa shape index (κ1) is 19.7. The normalized spacial score (nSPS) is 11.1. The first-order valence-electron chi connectivity index (χ1n) is 6.18. The molecule has 0 rings (SSSR count). The van der Waals surface area contributed by atoms with E-state index in [4.69, 9.17) is 4.74 Å². The van der Waals surface area contributed by atoms with E-state index in [-0.39, 0.29) is 11.7 Å². The predicted molar refractivity (Wildman–Crippen MR) is 78.9 cm³/mol. The van der Waals surface area contributed by atoms with Crippen molar-refractivity contribution in [3.8, 4) is 0 Å². The Balaban J connectivity index is 0. The van der Waals surface area contributed by atoms with E-state index in [1.54, 1.807) is 22.5 Å². The van der Waals surface area contributed by atoms with Crippen LogP contribution in [0.3, 0.4) is 0 Å². The van der Waals surface area contributed by atoms with Crippen LogP contribution in [0.4, 0.5) is 0 Å². The molecule has 0 heterocycles. The molecule has 3 radical (unpaired) electrons. The van der Waals surface area contributed by atoms with Crippen LogP contribution in [0, 0.1) is 5.92 Å². The zero-order valence-corrected chi connectivity index (χ0v) is 14.8. The van der Waals surface area contributed by atoms with E-state index in [1.165, 1.54) is 17.3 Å². The number of ether oxygens (including phenoxy) is 1. The van der Waals surface area contributed by atoms with Crippen LogP contribution in [0.25, 0.3) is 0 Å². The van der Waals surface area contributed by atoms with Gasteiger partial charge >= 0.3 is 45.6 Å². The van der Waals surface area contributed by atoms with Crippen molar-refractivity contribution in [2.24, 2.45) is 5.92 Å². The molecule has 0 aromatic carbocycles. The molecule has 17 heavy (non-hydrogen) atoms. The molecule has 2 nitrogen and oxygen atoms in total. The van der Waals surface area contributed by atoms with Gasteiger partial charge in [0.15, 0.2) is 0 Å². The first-order chi connectivity index (χ1) is 8.15. The molecule has 4 heteroatoms. The average Bonchev–Trinajstić information content (AvgIpc) is 2.38. The number of rotatable bonds is 8. The van der Waals surface area contributed by atoms with Gasteiger partial charge < -0.3 is 4.74 Å². The van der Waals surface area contributed by atoms with Crippen LogP contribution in [0.2, 0.25) is 4.44 Å². The molecule has 0 saturated heterocycles. The minimum atomic E-state index is -0.210. The zero-order valence-electron chi connectivity index (χ0n) is 11.1. The van der Waals surface area contributed by atoms with Crippen molar-refractivity contribution in [2.75, 3.05) is 12.4 Å². The minimum Gasteiger partial charge on any atom is -0.465 e. The Hall–Kier alpha value is 0.359. The van der Waals surface area contributed by atoms with Crippen molar-refractivity contribution in [3.63, 3.8) is 0 Å². The van der Waals surface area contributed by atoms with Gasteiger partial charge in [0.2, 0.25) is 0 Å². The predicted octanol–water partition coefficient (Wildman–Crippen LogP) is 3.44. The van der Waals surface area contributed by atoms with E-state index in [0.29, 0.717) is 12.5 Å². The molecule has 0 aromatic heterocycles. The van der Waals surface area contributed by atoms with Gasteiger partial charge in [-0.3, -0.25) is 4.79 Å². The maximum absolute atomic E-state index is 10.8. The van der Waals surface area contributed by atoms with Gasteiger partial charge in [-0.2, -0.15) is 12.6 Å². The van der Waals surface area contributed by atoms with Crippen LogP contribution in [0.5, 0.6) is 0 Å². The van der Waals surface area contributed by atoms with E-state index in [2.05, 4.69) is 33.1 Å². The third-order valence-electron chi connectivity index (χ3n) is 2.30. The Kier molecular flexibility index (Phi) is 18.9. The van der Waals surface area contributed by atoms with Crippen LogP contribution in [-0.2, 0) is 9.53 Å². The molecule has 0 bridgehead atoms. The fourth-order valence-electron chi connectivity index (χ4n) is 1.15. The second kappa shape index (κ2) is 16.4. The fourth-order valence-corrected chi connectivity index (χ4v) is 1.25. The molecule has 0 aliphatic carbocycles. The SMILES string of the molecule is C=C[CH2][Sn].CCCCC(CC)COC(=O)CS. The molecule has 0 aromatic rings. The smallest absolute Gasteiger partial charge is 0.315 e. The molecule has 0 aliphatic rings. The standard InChI is InChI=1S/C10H20O2S.C3H5.Sn/c1-3-5-6-9(4-2)7-12-10(11)8-13;1-3-2;/h9,13H,3-8H2,1-2H3;3H,1-2H2;. The zero-order chi connectivity index (χ0) is 13.5. The summed E-state index contributed by atoms with van der Waals surface area (Å²) in [6.45, 7) is 8.37. The molecule has 0 N–H and O–H groups in total. The third kappa shape index (κ3) is 16.4. The van der Waals surface area contributed by atoms with Gasteiger partial charge in [-0.05, 0) is 12.3 Å². The van der Waals surface area contributed by atoms with Crippen molar-refractivity contribution in [1.82, 2.24) is 0 Å². The molecule has 0 aliphatic heterocycles. The van der Waals surface area contributed by atoms with E-state index >= 15 is 0 Å². The number of hydrogen-bond acceptors (Lipinski definition) is 3. The maximum Gasteiger partial charge on any atom is 0.315 e. The topological polar surface area (TPSA) is 26.3 Å². The van der Waals surface area contributed by atoms with Crippen molar-refractivity contribution >= 4 is 41.1 Å². The number of esters is 1. The number of hydrogen-bond donors (Lipinski definition) is 1. The van der Waals surface area contributed by atoms with Crippen molar-refractivity contribution in [3.05, 3.63) is 12.7 Å². The molecule has 0 amide bonds. The Labute approximate surface area is 125 Å². The summed E-state index contributed by atoms with van der Waals surface area (Å²) >= 11 is 5.39. The van der Waals surface area contributed by atoms with Gasteiger partial charge in [-0.1, -0.05) is 33.1 Å². The average molecular weight is 364 g/mol. The van der Waals surface area contributed by atoms with Gasteiger partial charge in [0.05, 0.1) is 12.4 Å². The number of thiol groups is 1. The molecule has 99 valence electrons. The van der Waals surface area contributed by atoms with Gasteiger partial charge in [-0.15, -0.1) is 0 Å². The molecule has 1 atom stereocenters. The second-order valence-electron chi connectivity index (χ2n) is 3.75. The first-order valence-corrected chi connectivity index (χ1v) is 8.83. The summed E-state index contributed by atoms with van der Waals surface area (Å²) in [7, 11) is 0. The third-order valence-corrected chi connectivity index (χ3v) is 3.38. The Morgan fingerprint density at radius 2 is 2.12 bits per heavy atom. The quantitative estimate of drug-likeness (QED) is 0.309. The minimum absolute atomic E-state index is 0.185. The molecule has 0 spiro atoms. The van der Waals surface area contributed by atoms with Crippen LogP contribution < -0.4 is 0 Å². The van der Waals surface area contributed by atoms with Crippen LogP contribution in [-0.4, -0.2) is 40.9 Å². The summed E-state index contributed by atoms with van der Waals surface area (Å²) in [4.78, 5) is 10.8. The van der Waals surface area contributed by atoms with E-state index in [9.17, 15) is 4.79 Å². The van der Waals surface area contributed by atoms with Crippen LogP contribution >= 0.6 is 12.6 Å². The summed E-state index contributed by atoms with van der Waals surface area (Å²) in [5, 5.41) is 0. The summed E-state index contributed by atoms with van der Waals surface area (Å²) in [6, 6.07) is 0. The summed E-state index contributed by atoms with van der Waals surface area (Å²) in [5.74, 6) is 0.506. The maximum atomic E-state index is 10.8. The summed E-state index contributed by atoms with van der Waals surface area (Å²) in [6.07, 6.45) is 6.58. The number of allylic oxidation sites excluding steroid dienone is 1. The Morgan fingerprint density at radius 3 is 2.47 bits per heavy atom. The molecular formula is C13H25O2SSn. The monoisotopic (exact) mass is 365 g/mol. The Bertz CT molecular complexity index is 186. The number of unbranched alkanes of at least 4 members (excludes halogenated alkanes) is 1. The van der Waals surface area contributed by atoms with Crippen molar-refractivity contribution < 1.29 is 9.53 Å². The fraction of sp³-hybridized carbons (Fsp3) is 0.769. The van der Waals surface area contributed by atoms with Crippen molar-refractivity contribution in [1.29, 1.82) is 0 Å². The van der Waals surface area contributed by atoms with Crippen LogP contribution in [0.1, 0.15) is 39.5 Å². The molecule has 0 fully saturated rings. The Morgan fingerprint density at radius 1 is 1.53 bits per heavy atom. The number of carbonyl (C=O) groups excluding carboxylic acids is 1. The summed E-state index contributed by atoms with van der Waals surface area (Å²) in [5.41, 5.74) is 0. The molecule has 1 unspecified atom stereocenters. The van der Waals surface area contributed by atoms with Crippen molar-refractivity contribution in [2.45, 2.75) is 44.0 Å². The number of carbonyl (C=O) groups is 1. The van der Waals surface area contributed by atoms with Gasteiger partial charge in [0.1, 0.15) is 0 Å². The van der Waals surface area contributed by atoms with E-state index < -0.39 is 0 Å². The second-order valence-corrected chi connectivity index (χ2v) is 5.23. The van der Waals surface area contributed by atoms with Gasteiger partial charge in [-0.25, -0.2) is 0 Å². The van der Waals surface area contributed by atoms with Gasteiger partial charge in [0.25, 0.3) is 0 Å². The van der Waals surface area contributed by atoms with Crippen LogP contribution in [0.15, 0.2) is 12.7 Å². The largest absolute Gasteiger partial charge is 0.465 e.